The van der Waals surface area contributed by atoms with Crippen LogP contribution < -0.4 is 5.73 Å². The molecule has 1 aromatic carbocycles. The first-order chi connectivity index (χ1) is 8.24. The number of aliphatic hydroxyl groups excluding tert-OH is 1. The second-order valence-electron chi connectivity index (χ2n) is 5.46. The van der Waals surface area contributed by atoms with Gasteiger partial charge in [0.2, 0.25) is 0 Å². The minimum absolute atomic E-state index is 0.0712. The first-order valence-electron chi connectivity index (χ1n) is 6.48. The maximum absolute atomic E-state index is 9.89. The van der Waals surface area contributed by atoms with Crippen LogP contribution in [0.2, 0.25) is 0 Å². The van der Waals surface area contributed by atoms with E-state index in [1.807, 2.05) is 18.2 Å². The third kappa shape index (κ3) is 2.05. The molecular weight excluding hydrogens is 212 g/mol. The van der Waals surface area contributed by atoms with E-state index in [0.717, 1.165) is 31.7 Å². The largest absolute Gasteiger partial charge is 0.398 e. The van der Waals surface area contributed by atoms with E-state index in [1.54, 1.807) is 0 Å². The molecule has 3 rings (SSSR count). The maximum Gasteiger partial charge on any atom is 0.0583 e. The van der Waals surface area contributed by atoms with Crippen molar-refractivity contribution >= 4 is 5.69 Å². The van der Waals surface area contributed by atoms with Crippen LogP contribution in [-0.2, 0) is 6.54 Å². The van der Waals surface area contributed by atoms with Crippen molar-refractivity contribution in [1.82, 2.24) is 4.90 Å². The molecule has 3 atom stereocenters. The number of likely N-dealkylation sites (tertiary alicyclic amines) is 1. The first-order valence-corrected chi connectivity index (χ1v) is 6.48. The van der Waals surface area contributed by atoms with E-state index in [1.165, 1.54) is 12.0 Å². The molecule has 0 radical (unpaired) electrons. The van der Waals surface area contributed by atoms with Gasteiger partial charge in [-0.1, -0.05) is 18.2 Å². The van der Waals surface area contributed by atoms with Crippen LogP contribution in [0.1, 0.15) is 18.4 Å². The average Bonchev–Trinajstić information content (AvgIpc) is 2.85. The molecule has 1 heterocycles. The van der Waals surface area contributed by atoms with Crippen LogP contribution >= 0.6 is 0 Å². The standard InChI is InChI=1S/C14H20N2O/c15-13-4-2-1-3-11(13)8-16-7-10-5-6-14(17)12(10)9-16/h1-4,10,12,14,17H,5-9,15H2. The summed E-state index contributed by atoms with van der Waals surface area (Å²) in [5.41, 5.74) is 8.06. The fraction of sp³-hybridized carbons (Fsp3) is 0.571. The summed E-state index contributed by atoms with van der Waals surface area (Å²) in [5.74, 6) is 1.20. The van der Waals surface area contributed by atoms with Gasteiger partial charge >= 0.3 is 0 Å². The second kappa shape index (κ2) is 4.31. The molecule has 1 saturated heterocycles. The minimum Gasteiger partial charge on any atom is -0.398 e. The highest BCUT2D eigenvalue weighted by Crippen LogP contribution is 2.38. The van der Waals surface area contributed by atoms with Crippen LogP contribution in [0, 0.1) is 11.8 Å². The number of nitrogens with two attached hydrogens (primary N) is 1. The van der Waals surface area contributed by atoms with Crippen molar-refractivity contribution in [2.24, 2.45) is 11.8 Å². The monoisotopic (exact) mass is 232 g/mol. The van der Waals surface area contributed by atoms with Crippen molar-refractivity contribution in [2.45, 2.75) is 25.5 Å². The Morgan fingerprint density at radius 3 is 2.82 bits per heavy atom. The summed E-state index contributed by atoms with van der Waals surface area (Å²) in [4.78, 5) is 2.43. The molecule has 0 amide bonds. The zero-order valence-electron chi connectivity index (χ0n) is 10.0. The van der Waals surface area contributed by atoms with Crippen molar-refractivity contribution in [2.75, 3.05) is 18.8 Å². The second-order valence-corrected chi connectivity index (χ2v) is 5.46. The van der Waals surface area contributed by atoms with E-state index in [4.69, 9.17) is 5.73 Å². The number of nitrogen functional groups attached to an aromatic ring is 1. The highest BCUT2D eigenvalue weighted by molar-refractivity contribution is 5.46. The lowest BCUT2D eigenvalue weighted by molar-refractivity contribution is 0.123. The van der Waals surface area contributed by atoms with Gasteiger partial charge in [0.25, 0.3) is 0 Å². The molecule has 1 saturated carbocycles. The molecule has 1 aliphatic carbocycles. The summed E-state index contributed by atoms with van der Waals surface area (Å²) in [6.07, 6.45) is 2.11. The Bertz CT molecular complexity index is 407. The van der Waals surface area contributed by atoms with E-state index in [-0.39, 0.29) is 6.10 Å². The third-order valence-electron chi connectivity index (χ3n) is 4.34. The number of nitrogens with zero attached hydrogens (tertiary/aromatic N) is 1. The maximum atomic E-state index is 9.89. The van der Waals surface area contributed by atoms with Gasteiger partial charge in [0.15, 0.2) is 0 Å². The Morgan fingerprint density at radius 2 is 2.06 bits per heavy atom. The molecule has 0 aromatic heterocycles. The number of fused-ring (bicyclic) bond motifs is 1. The highest BCUT2D eigenvalue weighted by atomic mass is 16.3. The molecule has 92 valence electrons. The van der Waals surface area contributed by atoms with Crippen molar-refractivity contribution in [3.8, 4) is 0 Å². The van der Waals surface area contributed by atoms with Gasteiger partial charge in [-0.3, -0.25) is 4.90 Å². The molecule has 0 bridgehead atoms. The van der Waals surface area contributed by atoms with Gasteiger partial charge in [-0.2, -0.15) is 0 Å². The van der Waals surface area contributed by atoms with Gasteiger partial charge in [0.05, 0.1) is 6.10 Å². The number of hydrogen-bond donors (Lipinski definition) is 2. The molecule has 3 heteroatoms. The van der Waals surface area contributed by atoms with E-state index < -0.39 is 0 Å². The topological polar surface area (TPSA) is 49.5 Å². The molecule has 2 aliphatic rings. The number of benzene rings is 1. The normalized spacial score (nSPS) is 32.9. The van der Waals surface area contributed by atoms with Gasteiger partial charge in [-0.25, -0.2) is 0 Å². The summed E-state index contributed by atoms with van der Waals surface area (Å²) >= 11 is 0. The summed E-state index contributed by atoms with van der Waals surface area (Å²) in [7, 11) is 0. The molecule has 2 fully saturated rings. The van der Waals surface area contributed by atoms with Crippen molar-refractivity contribution in [3.05, 3.63) is 29.8 Å². The predicted octanol–water partition coefficient (Wildman–Crippen LogP) is 1.47. The van der Waals surface area contributed by atoms with Crippen molar-refractivity contribution in [1.29, 1.82) is 0 Å². The van der Waals surface area contributed by atoms with Crippen LogP contribution in [-0.4, -0.2) is 29.2 Å². The Morgan fingerprint density at radius 1 is 1.24 bits per heavy atom. The van der Waals surface area contributed by atoms with Crippen LogP contribution in [0.4, 0.5) is 5.69 Å². The quantitative estimate of drug-likeness (QED) is 0.759. The summed E-state index contributed by atoms with van der Waals surface area (Å²) in [5, 5.41) is 9.89. The average molecular weight is 232 g/mol. The molecule has 0 spiro atoms. The first kappa shape index (κ1) is 11.1. The third-order valence-corrected chi connectivity index (χ3v) is 4.34. The minimum atomic E-state index is -0.0712. The van der Waals surface area contributed by atoms with E-state index in [9.17, 15) is 5.11 Å². The number of hydrogen-bond acceptors (Lipinski definition) is 3. The Kier molecular flexibility index (Phi) is 2.81. The van der Waals surface area contributed by atoms with Gasteiger partial charge in [-0.05, 0) is 30.4 Å². The van der Waals surface area contributed by atoms with Gasteiger partial charge < -0.3 is 10.8 Å². The van der Waals surface area contributed by atoms with Crippen LogP contribution in [0.15, 0.2) is 24.3 Å². The zero-order valence-corrected chi connectivity index (χ0v) is 10.0. The molecular formula is C14H20N2O. The van der Waals surface area contributed by atoms with E-state index in [0.29, 0.717) is 11.8 Å². The lowest BCUT2D eigenvalue weighted by atomic mass is 10.00. The molecule has 3 nitrogen and oxygen atoms in total. The van der Waals surface area contributed by atoms with Crippen molar-refractivity contribution in [3.63, 3.8) is 0 Å². The summed E-state index contributed by atoms with van der Waals surface area (Å²) in [6.45, 7) is 3.07. The van der Waals surface area contributed by atoms with Crippen LogP contribution in [0.3, 0.4) is 0 Å². The zero-order chi connectivity index (χ0) is 11.8. The number of anilines is 1. The SMILES string of the molecule is Nc1ccccc1CN1CC2CCC(O)C2C1. The van der Waals surface area contributed by atoms with E-state index >= 15 is 0 Å². The Labute approximate surface area is 102 Å². The number of para-hydroxylation sites is 1. The molecule has 3 N–H and O–H groups in total. The van der Waals surface area contributed by atoms with Crippen molar-refractivity contribution < 1.29 is 5.11 Å². The lowest BCUT2D eigenvalue weighted by Gasteiger charge is -2.18. The van der Waals surface area contributed by atoms with Crippen LogP contribution in [0.25, 0.3) is 0 Å². The molecule has 1 aliphatic heterocycles. The highest BCUT2D eigenvalue weighted by Gasteiger charge is 2.41. The molecule has 3 unspecified atom stereocenters. The van der Waals surface area contributed by atoms with E-state index in [2.05, 4.69) is 11.0 Å². The van der Waals surface area contributed by atoms with Gasteiger partial charge in [0, 0.05) is 31.2 Å². The fourth-order valence-corrected chi connectivity index (χ4v) is 3.38. The summed E-state index contributed by atoms with van der Waals surface area (Å²) < 4.78 is 0. The predicted molar refractivity (Wildman–Crippen MR) is 68.4 cm³/mol. The van der Waals surface area contributed by atoms with Crippen LogP contribution in [0.5, 0.6) is 0 Å². The summed E-state index contributed by atoms with van der Waals surface area (Å²) in [6, 6.07) is 8.07. The van der Waals surface area contributed by atoms with Gasteiger partial charge in [0.1, 0.15) is 0 Å². The van der Waals surface area contributed by atoms with Gasteiger partial charge in [-0.15, -0.1) is 0 Å². The Balaban J connectivity index is 1.67. The number of rotatable bonds is 2. The molecule has 1 aromatic rings. The number of aliphatic hydroxyl groups is 1. The lowest BCUT2D eigenvalue weighted by Crippen LogP contribution is -2.24. The fourth-order valence-electron chi connectivity index (χ4n) is 3.38. The Hall–Kier alpha value is -1.06. The smallest absolute Gasteiger partial charge is 0.0583 e. The molecule has 17 heavy (non-hydrogen) atoms.